The molecule has 3 aromatic rings. The number of H-pyrrole nitrogens is 1. The Morgan fingerprint density at radius 3 is 2.57 bits per heavy atom. The third-order valence-electron chi connectivity index (χ3n) is 5.73. The maximum atomic E-state index is 5.88. The van der Waals surface area contributed by atoms with Gasteiger partial charge in [-0.15, -0.1) is 10.2 Å². The SMILES string of the molecule is CCc1c(-c2c3c(nc(C(C)(C)C)c2-c2nn[nH]n2)CCCCC3)coc1C. The molecule has 0 bridgehead atoms. The van der Waals surface area contributed by atoms with Gasteiger partial charge < -0.3 is 4.42 Å². The molecule has 6 nitrogen and oxygen atoms in total. The standard InChI is InChI=1S/C22H29N5O/c1-6-14-13(2)28-12-16(14)18-15-10-8-7-9-11-17(15)23-20(22(3,4)5)19(18)21-24-26-27-25-21/h12H,6-11H2,1-5H3,(H,24,25,26,27). The van der Waals surface area contributed by atoms with Gasteiger partial charge in [-0.05, 0) is 49.8 Å². The van der Waals surface area contributed by atoms with Crippen molar-refractivity contribution in [1.82, 2.24) is 25.6 Å². The Hall–Kier alpha value is -2.50. The Morgan fingerprint density at radius 1 is 1.11 bits per heavy atom. The highest BCUT2D eigenvalue weighted by Crippen LogP contribution is 2.44. The van der Waals surface area contributed by atoms with Gasteiger partial charge in [0, 0.05) is 27.8 Å². The number of hydrogen-bond donors (Lipinski definition) is 1. The summed E-state index contributed by atoms with van der Waals surface area (Å²) in [6.07, 6.45) is 8.49. The number of rotatable bonds is 3. The van der Waals surface area contributed by atoms with Crippen molar-refractivity contribution in [2.24, 2.45) is 0 Å². The van der Waals surface area contributed by atoms with Gasteiger partial charge in [-0.3, -0.25) is 4.98 Å². The fourth-order valence-electron chi connectivity index (χ4n) is 4.37. The van der Waals surface area contributed by atoms with Gasteiger partial charge in [0.05, 0.1) is 17.5 Å². The first kappa shape index (κ1) is 18.8. The minimum absolute atomic E-state index is 0.142. The fourth-order valence-corrected chi connectivity index (χ4v) is 4.37. The molecule has 0 fully saturated rings. The summed E-state index contributed by atoms with van der Waals surface area (Å²) >= 11 is 0. The number of aryl methyl sites for hydroxylation is 2. The van der Waals surface area contributed by atoms with Crippen molar-refractivity contribution in [1.29, 1.82) is 0 Å². The Bertz CT molecular complexity index is 980. The molecular weight excluding hydrogens is 350 g/mol. The third-order valence-corrected chi connectivity index (χ3v) is 5.73. The second-order valence-corrected chi connectivity index (χ2v) is 8.72. The van der Waals surface area contributed by atoms with Gasteiger partial charge in [-0.2, -0.15) is 5.21 Å². The minimum atomic E-state index is -0.142. The van der Waals surface area contributed by atoms with Crippen molar-refractivity contribution in [3.8, 4) is 22.5 Å². The van der Waals surface area contributed by atoms with Gasteiger partial charge in [-0.1, -0.05) is 34.1 Å². The Labute approximate surface area is 166 Å². The van der Waals surface area contributed by atoms with Crippen LogP contribution in [0.1, 0.15) is 75.2 Å². The molecule has 28 heavy (non-hydrogen) atoms. The Kier molecular flexibility index (Phi) is 4.81. The van der Waals surface area contributed by atoms with Crippen molar-refractivity contribution in [2.45, 2.75) is 78.6 Å². The van der Waals surface area contributed by atoms with Crippen molar-refractivity contribution in [3.05, 3.63) is 34.5 Å². The number of aromatic amines is 1. The van der Waals surface area contributed by atoms with E-state index in [-0.39, 0.29) is 5.41 Å². The predicted molar refractivity (Wildman–Crippen MR) is 109 cm³/mol. The smallest absolute Gasteiger partial charge is 0.207 e. The average molecular weight is 380 g/mol. The molecule has 0 radical (unpaired) electrons. The third kappa shape index (κ3) is 3.15. The lowest BCUT2D eigenvalue weighted by Crippen LogP contribution is -2.19. The van der Waals surface area contributed by atoms with Gasteiger partial charge in [-0.25, -0.2) is 0 Å². The average Bonchev–Trinajstić information content (AvgIpc) is 3.23. The van der Waals surface area contributed by atoms with Gasteiger partial charge >= 0.3 is 0 Å². The largest absolute Gasteiger partial charge is 0.469 e. The molecule has 0 spiro atoms. The summed E-state index contributed by atoms with van der Waals surface area (Å²) in [6.45, 7) is 10.8. The van der Waals surface area contributed by atoms with Gasteiger partial charge in [0.2, 0.25) is 5.82 Å². The molecule has 3 aromatic heterocycles. The topological polar surface area (TPSA) is 80.5 Å². The van der Waals surface area contributed by atoms with E-state index in [1.807, 2.05) is 13.2 Å². The maximum absolute atomic E-state index is 5.88. The van der Waals surface area contributed by atoms with E-state index in [1.54, 1.807) is 0 Å². The van der Waals surface area contributed by atoms with E-state index >= 15 is 0 Å². The molecule has 0 saturated heterocycles. The zero-order valence-corrected chi connectivity index (χ0v) is 17.5. The van der Waals surface area contributed by atoms with E-state index in [4.69, 9.17) is 9.40 Å². The maximum Gasteiger partial charge on any atom is 0.207 e. The van der Waals surface area contributed by atoms with Crippen LogP contribution in [-0.2, 0) is 24.7 Å². The molecule has 6 heteroatoms. The van der Waals surface area contributed by atoms with Crippen LogP contribution in [0.3, 0.4) is 0 Å². The van der Waals surface area contributed by atoms with Crippen LogP contribution in [0.25, 0.3) is 22.5 Å². The summed E-state index contributed by atoms with van der Waals surface area (Å²) in [5.41, 5.74) is 8.06. The number of pyridine rings is 1. The van der Waals surface area contributed by atoms with Crippen molar-refractivity contribution in [2.75, 3.05) is 0 Å². The number of aromatic nitrogens is 5. The number of nitrogens with zero attached hydrogens (tertiary/aromatic N) is 4. The van der Waals surface area contributed by atoms with Crippen molar-refractivity contribution >= 4 is 0 Å². The van der Waals surface area contributed by atoms with Crippen LogP contribution in [0.5, 0.6) is 0 Å². The Balaban J connectivity index is 2.14. The predicted octanol–water partition coefficient (Wildman–Crippen LogP) is 4.96. The Morgan fingerprint density at radius 2 is 1.89 bits per heavy atom. The molecule has 1 aliphatic rings. The molecule has 0 aliphatic heterocycles. The molecule has 4 rings (SSSR count). The lowest BCUT2D eigenvalue weighted by molar-refractivity contribution is 0.530. The summed E-state index contributed by atoms with van der Waals surface area (Å²) < 4.78 is 5.88. The van der Waals surface area contributed by atoms with Crippen LogP contribution in [-0.4, -0.2) is 25.6 Å². The molecule has 148 valence electrons. The zero-order valence-electron chi connectivity index (χ0n) is 17.5. The highest BCUT2D eigenvalue weighted by molar-refractivity contribution is 5.87. The second kappa shape index (κ2) is 7.15. The lowest BCUT2D eigenvalue weighted by atomic mass is 9.81. The molecule has 0 aromatic carbocycles. The van der Waals surface area contributed by atoms with E-state index in [2.05, 4.69) is 48.3 Å². The summed E-state index contributed by atoms with van der Waals surface area (Å²) in [4.78, 5) is 5.20. The lowest BCUT2D eigenvalue weighted by Gasteiger charge is -2.26. The number of nitrogens with one attached hydrogen (secondary N) is 1. The quantitative estimate of drug-likeness (QED) is 0.651. The molecule has 0 unspecified atom stereocenters. The first-order valence-corrected chi connectivity index (χ1v) is 10.3. The van der Waals surface area contributed by atoms with Crippen LogP contribution < -0.4 is 0 Å². The highest BCUT2D eigenvalue weighted by Gasteiger charge is 2.31. The van der Waals surface area contributed by atoms with E-state index in [0.717, 1.165) is 41.8 Å². The number of hydrogen-bond acceptors (Lipinski definition) is 5. The molecule has 0 saturated carbocycles. The van der Waals surface area contributed by atoms with E-state index < -0.39 is 0 Å². The number of tetrazole rings is 1. The monoisotopic (exact) mass is 379 g/mol. The number of fused-ring (bicyclic) bond motifs is 1. The van der Waals surface area contributed by atoms with E-state index in [0.29, 0.717) is 5.82 Å². The minimum Gasteiger partial charge on any atom is -0.469 e. The molecule has 0 amide bonds. The normalized spacial score (nSPS) is 14.8. The van der Waals surface area contributed by atoms with Crippen LogP contribution in [0.2, 0.25) is 0 Å². The fraction of sp³-hybridized carbons (Fsp3) is 0.545. The first-order valence-electron chi connectivity index (χ1n) is 10.3. The molecular formula is C22H29N5O. The van der Waals surface area contributed by atoms with Crippen molar-refractivity contribution < 1.29 is 4.42 Å². The van der Waals surface area contributed by atoms with Crippen LogP contribution in [0.4, 0.5) is 0 Å². The zero-order chi connectivity index (χ0) is 19.9. The molecule has 0 atom stereocenters. The van der Waals surface area contributed by atoms with E-state index in [1.165, 1.54) is 41.6 Å². The van der Waals surface area contributed by atoms with Crippen LogP contribution in [0, 0.1) is 6.92 Å². The van der Waals surface area contributed by atoms with Crippen LogP contribution >= 0.6 is 0 Å². The molecule has 1 N–H and O–H groups in total. The highest BCUT2D eigenvalue weighted by atomic mass is 16.3. The second-order valence-electron chi connectivity index (χ2n) is 8.72. The van der Waals surface area contributed by atoms with Gasteiger partial charge in [0.15, 0.2) is 0 Å². The summed E-state index contributed by atoms with van der Waals surface area (Å²) in [7, 11) is 0. The van der Waals surface area contributed by atoms with Gasteiger partial charge in [0.1, 0.15) is 5.76 Å². The van der Waals surface area contributed by atoms with Crippen LogP contribution in [0.15, 0.2) is 10.7 Å². The summed E-state index contributed by atoms with van der Waals surface area (Å²) in [5.74, 6) is 1.59. The first-order chi connectivity index (χ1) is 13.4. The summed E-state index contributed by atoms with van der Waals surface area (Å²) in [6, 6.07) is 0. The van der Waals surface area contributed by atoms with Gasteiger partial charge in [0.25, 0.3) is 0 Å². The number of furan rings is 1. The molecule has 1 aliphatic carbocycles. The van der Waals surface area contributed by atoms with Crippen molar-refractivity contribution in [3.63, 3.8) is 0 Å². The van der Waals surface area contributed by atoms with E-state index in [9.17, 15) is 0 Å². The molecule has 3 heterocycles. The summed E-state index contributed by atoms with van der Waals surface area (Å²) in [5, 5.41) is 15.2.